The largest absolute Gasteiger partial charge is 0.381 e. The van der Waals surface area contributed by atoms with Crippen molar-refractivity contribution in [2.75, 3.05) is 51.5 Å². The van der Waals surface area contributed by atoms with Gasteiger partial charge in [0.1, 0.15) is 11.7 Å². The van der Waals surface area contributed by atoms with Crippen LogP contribution in [0.1, 0.15) is 107 Å². The second-order valence-electron chi connectivity index (χ2n) is 15.4. The Bertz CT molecular complexity index is 1450. The summed E-state index contributed by atoms with van der Waals surface area (Å²) in [6.45, 7) is 5.56. The van der Waals surface area contributed by atoms with Gasteiger partial charge in [0.2, 0.25) is 5.91 Å². The van der Waals surface area contributed by atoms with E-state index in [0.717, 1.165) is 83.5 Å². The number of nitrogen functional groups attached to an aromatic ring is 1. The molecule has 7 rings (SSSR count). The molecule has 2 aromatic heterocycles. The maximum absolute atomic E-state index is 17.4. The molecule has 2 amide bonds. The Balaban J connectivity index is 1.07. The average Bonchev–Trinajstić information content (AvgIpc) is 3.74. The molecule has 4 aliphatic heterocycles. The predicted octanol–water partition coefficient (Wildman–Crippen LogP) is 3.92. The van der Waals surface area contributed by atoms with Gasteiger partial charge in [-0.3, -0.25) is 19.4 Å². The highest BCUT2D eigenvalue weighted by Crippen LogP contribution is 2.38. The number of halogens is 2. The normalized spacial score (nSPS) is 29.7. The molecular weight excluding hydrogens is 628 g/mol. The van der Waals surface area contributed by atoms with Crippen LogP contribution in [0.15, 0.2) is 12.4 Å². The minimum atomic E-state index is -1.21. The third-order valence-electron chi connectivity index (χ3n) is 12.4. The molecule has 5 fully saturated rings. The smallest absolute Gasteiger partial charge is 0.259 e. The van der Waals surface area contributed by atoms with Crippen molar-refractivity contribution in [3.63, 3.8) is 0 Å². The molecule has 4 unspecified atom stereocenters. The number of alkyl halides is 1. The van der Waals surface area contributed by atoms with E-state index in [2.05, 4.69) is 35.4 Å². The Morgan fingerprint density at radius 3 is 2.29 bits per heavy atom. The monoisotopic (exact) mass is 683 g/mol. The Morgan fingerprint density at radius 1 is 0.898 bits per heavy atom. The van der Waals surface area contributed by atoms with Gasteiger partial charge >= 0.3 is 0 Å². The molecule has 1 spiro atoms. The van der Waals surface area contributed by atoms with Crippen LogP contribution in [0.2, 0.25) is 0 Å². The van der Waals surface area contributed by atoms with Crippen LogP contribution in [0.3, 0.4) is 0 Å². The lowest BCUT2D eigenvalue weighted by Crippen LogP contribution is -2.73. The van der Waals surface area contributed by atoms with Crippen LogP contribution in [0.4, 0.5) is 14.6 Å². The maximum Gasteiger partial charge on any atom is 0.259 e. The van der Waals surface area contributed by atoms with Crippen LogP contribution in [-0.4, -0.2) is 117 Å². The van der Waals surface area contributed by atoms with E-state index in [9.17, 15) is 14.0 Å². The second-order valence-corrected chi connectivity index (χ2v) is 15.4. The van der Waals surface area contributed by atoms with E-state index < -0.39 is 35.5 Å². The summed E-state index contributed by atoms with van der Waals surface area (Å²) in [7, 11) is 0. The lowest BCUT2D eigenvalue weighted by atomic mass is 9.73. The summed E-state index contributed by atoms with van der Waals surface area (Å²) in [5.41, 5.74) is 5.70. The molecule has 2 aromatic rings. The molecule has 0 aromatic carbocycles. The number of amides is 2. The van der Waals surface area contributed by atoms with E-state index in [1.807, 2.05) is 0 Å². The third-order valence-corrected chi connectivity index (χ3v) is 12.4. The molecule has 49 heavy (non-hydrogen) atoms. The summed E-state index contributed by atoms with van der Waals surface area (Å²) in [5, 5.41) is 10.8. The lowest BCUT2D eigenvalue weighted by molar-refractivity contribution is -0.137. The first-order valence-electron chi connectivity index (χ1n) is 19.1. The standard InChI is InChI=1S/C36H55F2N9O2/c37-26-21-40-33-29(32(39)43-47(33)23-26)34(48)42-28-22-41-36(14-7-4-2-1-3-5-8-15-36)31(38)30(28)45-18-11-25(12-19-45)35(49)46-20-13-27(24-46)44-16-9-6-10-17-44/h21,23,25,27-28,30-31,41H,1-20,22,24H2,(H2,39,43)(H,42,48). The van der Waals surface area contributed by atoms with Crippen molar-refractivity contribution in [1.29, 1.82) is 0 Å². The lowest BCUT2D eigenvalue weighted by Gasteiger charge is -2.53. The van der Waals surface area contributed by atoms with E-state index in [1.165, 1.54) is 43.0 Å². The summed E-state index contributed by atoms with van der Waals surface area (Å²) in [6.07, 6.45) is 16.5. The van der Waals surface area contributed by atoms with Gasteiger partial charge in [-0.05, 0) is 71.1 Å². The Morgan fingerprint density at radius 2 is 1.57 bits per heavy atom. The highest BCUT2D eigenvalue weighted by molar-refractivity contribution is 6.04. The summed E-state index contributed by atoms with van der Waals surface area (Å²) in [6, 6.07) is -0.636. The SMILES string of the molecule is Nc1nn2cc(F)cnc2c1C(=O)NC1CNC2(CCCCCCCCC2)C(F)C1N1CCC(C(=O)N2CCC(N3CCCCC3)C2)CC1. The van der Waals surface area contributed by atoms with E-state index in [4.69, 9.17) is 5.73 Å². The van der Waals surface area contributed by atoms with Gasteiger partial charge in [0, 0.05) is 31.6 Å². The maximum atomic E-state index is 17.4. The number of nitrogens with two attached hydrogens (primary N) is 1. The number of fused-ring (bicyclic) bond motifs is 1. The molecule has 4 N–H and O–H groups in total. The van der Waals surface area contributed by atoms with Gasteiger partial charge in [-0.25, -0.2) is 18.3 Å². The van der Waals surface area contributed by atoms with Gasteiger partial charge in [-0.1, -0.05) is 51.4 Å². The number of carbonyl (C=O) groups excluding carboxylic acids is 2. The summed E-state index contributed by atoms with van der Waals surface area (Å²) >= 11 is 0. The van der Waals surface area contributed by atoms with Crippen LogP contribution < -0.4 is 16.4 Å². The van der Waals surface area contributed by atoms with Gasteiger partial charge in [0.05, 0.1) is 30.0 Å². The van der Waals surface area contributed by atoms with Crippen molar-refractivity contribution >= 4 is 23.3 Å². The van der Waals surface area contributed by atoms with Gasteiger partial charge in [-0.2, -0.15) is 0 Å². The topological polar surface area (TPSA) is 124 Å². The molecule has 270 valence electrons. The number of hydrogen-bond acceptors (Lipinski definition) is 8. The zero-order chi connectivity index (χ0) is 34.0. The Hall–Kier alpha value is -2.90. The molecule has 11 nitrogen and oxygen atoms in total. The molecule has 6 heterocycles. The summed E-state index contributed by atoms with van der Waals surface area (Å²) in [4.78, 5) is 38.5. The molecule has 1 aliphatic carbocycles. The number of likely N-dealkylation sites (tertiary alicyclic amines) is 3. The molecule has 4 saturated heterocycles. The van der Waals surface area contributed by atoms with Crippen LogP contribution in [0.25, 0.3) is 5.65 Å². The minimum Gasteiger partial charge on any atom is -0.381 e. The van der Waals surface area contributed by atoms with Crippen molar-refractivity contribution in [2.45, 2.75) is 126 Å². The number of rotatable bonds is 5. The van der Waals surface area contributed by atoms with Gasteiger partial charge in [-0.15, -0.1) is 5.10 Å². The van der Waals surface area contributed by atoms with Crippen molar-refractivity contribution in [3.05, 3.63) is 23.8 Å². The number of piperidine rings is 3. The zero-order valence-electron chi connectivity index (χ0n) is 28.9. The fourth-order valence-corrected chi connectivity index (χ4v) is 9.59. The average molecular weight is 684 g/mol. The number of carbonyl (C=O) groups is 2. The molecule has 13 heteroatoms. The number of hydrogen-bond donors (Lipinski definition) is 3. The molecule has 4 atom stereocenters. The highest BCUT2D eigenvalue weighted by atomic mass is 19.1. The fraction of sp³-hybridized carbons (Fsp3) is 0.778. The van der Waals surface area contributed by atoms with Crippen molar-refractivity contribution in [2.24, 2.45) is 5.92 Å². The quantitative estimate of drug-likeness (QED) is 0.434. The Labute approximate surface area is 288 Å². The summed E-state index contributed by atoms with van der Waals surface area (Å²) in [5.74, 6) is -0.956. The summed E-state index contributed by atoms with van der Waals surface area (Å²) < 4.78 is 32.4. The van der Waals surface area contributed by atoms with E-state index in [0.29, 0.717) is 38.5 Å². The number of anilines is 1. The van der Waals surface area contributed by atoms with Gasteiger partial charge in [0.25, 0.3) is 5.91 Å². The first kappa shape index (κ1) is 34.5. The minimum absolute atomic E-state index is 0.0553. The first-order valence-corrected chi connectivity index (χ1v) is 19.1. The van der Waals surface area contributed by atoms with Crippen LogP contribution >= 0.6 is 0 Å². The highest BCUT2D eigenvalue weighted by Gasteiger charge is 2.52. The number of nitrogens with one attached hydrogen (secondary N) is 2. The van der Waals surface area contributed by atoms with Crippen molar-refractivity contribution in [3.8, 4) is 0 Å². The zero-order valence-corrected chi connectivity index (χ0v) is 28.9. The van der Waals surface area contributed by atoms with Crippen LogP contribution in [0.5, 0.6) is 0 Å². The predicted molar refractivity (Wildman–Crippen MR) is 184 cm³/mol. The molecule has 0 radical (unpaired) electrons. The van der Waals surface area contributed by atoms with E-state index in [-0.39, 0.29) is 28.9 Å². The molecule has 5 aliphatic rings. The molecule has 0 bridgehead atoms. The Kier molecular flexibility index (Phi) is 10.7. The fourth-order valence-electron chi connectivity index (χ4n) is 9.59. The molecular formula is C36H55F2N9O2. The first-order chi connectivity index (χ1) is 23.8. The van der Waals surface area contributed by atoms with Crippen LogP contribution in [0, 0.1) is 11.7 Å². The van der Waals surface area contributed by atoms with Gasteiger partial charge in [0.15, 0.2) is 17.3 Å². The number of nitrogens with zero attached hydrogens (tertiary/aromatic N) is 6. The van der Waals surface area contributed by atoms with Crippen molar-refractivity contribution in [1.82, 2.24) is 39.9 Å². The third kappa shape index (κ3) is 7.30. The van der Waals surface area contributed by atoms with E-state index in [1.54, 1.807) is 0 Å². The van der Waals surface area contributed by atoms with Crippen LogP contribution in [-0.2, 0) is 4.79 Å². The molecule has 1 saturated carbocycles. The van der Waals surface area contributed by atoms with Gasteiger partial charge < -0.3 is 21.3 Å². The second kappa shape index (κ2) is 15.1. The van der Waals surface area contributed by atoms with E-state index >= 15 is 4.39 Å². The van der Waals surface area contributed by atoms with Crippen molar-refractivity contribution < 1.29 is 18.4 Å². The number of aromatic nitrogens is 3.